The third-order valence-corrected chi connectivity index (χ3v) is 5.72. The molecule has 0 atom stereocenters. The van der Waals surface area contributed by atoms with E-state index in [-0.39, 0.29) is 24.0 Å². The molecule has 1 aromatic heterocycles. The van der Waals surface area contributed by atoms with Crippen LogP contribution in [0, 0.1) is 6.92 Å². The van der Waals surface area contributed by atoms with E-state index in [0.29, 0.717) is 18.5 Å². The number of aromatic nitrogens is 3. The topological polar surface area (TPSA) is 67.1 Å². The molecular formula is C22H35IN6. The van der Waals surface area contributed by atoms with Crippen molar-refractivity contribution >= 4 is 29.9 Å². The van der Waals surface area contributed by atoms with Gasteiger partial charge < -0.3 is 15.2 Å². The predicted molar refractivity (Wildman–Crippen MR) is 130 cm³/mol. The van der Waals surface area contributed by atoms with Crippen molar-refractivity contribution in [1.29, 1.82) is 0 Å². The third-order valence-electron chi connectivity index (χ3n) is 5.72. The summed E-state index contributed by atoms with van der Waals surface area (Å²) in [6.45, 7) is 5.65. The zero-order valence-electron chi connectivity index (χ0n) is 17.9. The maximum atomic E-state index is 4.78. The van der Waals surface area contributed by atoms with Crippen molar-refractivity contribution in [1.82, 2.24) is 25.4 Å². The van der Waals surface area contributed by atoms with Crippen LogP contribution in [0.5, 0.6) is 0 Å². The van der Waals surface area contributed by atoms with Gasteiger partial charge in [0, 0.05) is 19.6 Å². The van der Waals surface area contributed by atoms with Gasteiger partial charge in [-0.2, -0.15) is 0 Å². The van der Waals surface area contributed by atoms with Gasteiger partial charge in [-0.15, -0.1) is 34.2 Å². The summed E-state index contributed by atoms with van der Waals surface area (Å²) < 4.78 is 2.00. The maximum absolute atomic E-state index is 4.78. The summed E-state index contributed by atoms with van der Waals surface area (Å²) in [5.41, 5.74) is 1.48. The van der Waals surface area contributed by atoms with Crippen LogP contribution in [0.2, 0.25) is 0 Å². The van der Waals surface area contributed by atoms with Crippen LogP contribution in [0.1, 0.15) is 68.6 Å². The quantitative estimate of drug-likeness (QED) is 0.252. The van der Waals surface area contributed by atoms with Crippen LogP contribution in [0.4, 0.5) is 0 Å². The van der Waals surface area contributed by atoms with Crippen molar-refractivity contribution in [2.24, 2.45) is 12.0 Å². The lowest BCUT2D eigenvalue weighted by molar-refractivity contribution is 0.371. The van der Waals surface area contributed by atoms with Crippen molar-refractivity contribution in [3.8, 4) is 0 Å². The zero-order valence-corrected chi connectivity index (χ0v) is 20.2. The molecule has 0 unspecified atom stereocenters. The minimum atomic E-state index is 0. The van der Waals surface area contributed by atoms with Gasteiger partial charge in [-0.1, -0.05) is 43.7 Å². The molecule has 160 valence electrons. The van der Waals surface area contributed by atoms with Gasteiger partial charge >= 0.3 is 0 Å². The number of rotatable bonds is 7. The Bertz CT molecular complexity index is 750. The van der Waals surface area contributed by atoms with Crippen LogP contribution in [0.3, 0.4) is 0 Å². The summed E-state index contributed by atoms with van der Waals surface area (Å²) in [6.07, 6.45) is 7.13. The molecule has 2 N–H and O–H groups in total. The molecule has 3 rings (SSSR count). The Morgan fingerprint density at radius 3 is 2.48 bits per heavy atom. The Morgan fingerprint density at radius 2 is 1.86 bits per heavy atom. The molecule has 1 aliphatic rings. The Kier molecular flexibility index (Phi) is 9.90. The lowest BCUT2D eigenvalue weighted by atomic mass is 9.82. The lowest BCUT2D eigenvalue weighted by Gasteiger charge is -2.30. The maximum Gasteiger partial charge on any atom is 0.191 e. The molecule has 7 heteroatoms. The van der Waals surface area contributed by atoms with Gasteiger partial charge in [-0.3, -0.25) is 0 Å². The fraction of sp³-hybridized carbons (Fsp3) is 0.591. The van der Waals surface area contributed by atoms with E-state index in [1.54, 1.807) is 0 Å². The van der Waals surface area contributed by atoms with E-state index in [9.17, 15) is 0 Å². The van der Waals surface area contributed by atoms with Gasteiger partial charge in [-0.25, -0.2) is 4.99 Å². The monoisotopic (exact) mass is 510 g/mol. The first-order valence-electron chi connectivity index (χ1n) is 10.6. The molecule has 2 aromatic rings. The summed E-state index contributed by atoms with van der Waals surface area (Å²) in [4.78, 5) is 4.78. The summed E-state index contributed by atoms with van der Waals surface area (Å²) >= 11 is 0. The van der Waals surface area contributed by atoms with Crippen LogP contribution in [-0.2, 0) is 13.6 Å². The van der Waals surface area contributed by atoms with Crippen LogP contribution in [0.25, 0.3) is 0 Å². The molecule has 1 saturated carbocycles. The van der Waals surface area contributed by atoms with E-state index in [2.05, 4.69) is 58.1 Å². The smallest absolute Gasteiger partial charge is 0.191 e. The van der Waals surface area contributed by atoms with Gasteiger partial charge in [-0.05, 0) is 50.5 Å². The molecule has 0 radical (unpaired) electrons. The molecule has 0 aliphatic heterocycles. The Balaban J connectivity index is 0.00000300. The molecule has 0 bridgehead atoms. The number of aryl methyl sites for hydroxylation is 1. The van der Waals surface area contributed by atoms with E-state index >= 15 is 0 Å². The van der Waals surface area contributed by atoms with Crippen LogP contribution < -0.4 is 10.6 Å². The van der Waals surface area contributed by atoms with Crippen molar-refractivity contribution in [2.75, 3.05) is 6.54 Å². The predicted octanol–water partition coefficient (Wildman–Crippen LogP) is 4.30. The molecule has 1 aromatic carbocycles. The highest BCUT2D eigenvalue weighted by molar-refractivity contribution is 14.0. The van der Waals surface area contributed by atoms with Gasteiger partial charge in [0.05, 0.1) is 0 Å². The van der Waals surface area contributed by atoms with Gasteiger partial charge in [0.15, 0.2) is 11.8 Å². The number of benzene rings is 1. The number of guanidine groups is 1. The summed E-state index contributed by atoms with van der Waals surface area (Å²) in [6, 6.07) is 11.4. The van der Waals surface area contributed by atoms with Crippen LogP contribution in [0.15, 0.2) is 35.3 Å². The highest BCUT2D eigenvalue weighted by atomic mass is 127. The Labute approximate surface area is 192 Å². The second-order valence-electron chi connectivity index (χ2n) is 7.77. The van der Waals surface area contributed by atoms with Crippen molar-refractivity contribution in [2.45, 2.75) is 70.9 Å². The van der Waals surface area contributed by atoms with E-state index in [1.807, 2.05) is 18.5 Å². The number of hydrogen-bond donors (Lipinski definition) is 2. The number of hydrogen-bond acceptors (Lipinski definition) is 3. The lowest BCUT2D eigenvalue weighted by Crippen LogP contribution is -2.45. The zero-order chi connectivity index (χ0) is 19.8. The fourth-order valence-corrected chi connectivity index (χ4v) is 3.76. The first-order valence-corrected chi connectivity index (χ1v) is 10.6. The molecule has 0 spiro atoms. The van der Waals surface area contributed by atoms with E-state index in [0.717, 1.165) is 30.6 Å². The van der Waals surface area contributed by atoms with E-state index < -0.39 is 0 Å². The van der Waals surface area contributed by atoms with E-state index in [4.69, 9.17) is 4.99 Å². The largest absolute Gasteiger partial charge is 0.356 e. The number of aliphatic imine (C=N–C) groups is 1. The summed E-state index contributed by atoms with van der Waals surface area (Å²) in [7, 11) is 1.99. The molecule has 1 fully saturated rings. The molecular weight excluding hydrogens is 475 g/mol. The SMILES string of the molecule is CCCCNC(=NCc1nnc(C)n1C)NC1CCC(c2ccccc2)CC1.I. The van der Waals surface area contributed by atoms with Crippen LogP contribution in [-0.4, -0.2) is 33.3 Å². The molecule has 6 nitrogen and oxygen atoms in total. The minimum absolute atomic E-state index is 0. The average Bonchev–Trinajstić information content (AvgIpc) is 3.05. The second-order valence-corrected chi connectivity index (χ2v) is 7.77. The van der Waals surface area contributed by atoms with Crippen molar-refractivity contribution in [3.63, 3.8) is 0 Å². The second kappa shape index (κ2) is 12.1. The molecule has 0 amide bonds. The standard InChI is InChI=1S/C22H34N6.HI/c1-4-5-15-23-22(24-16-21-27-26-17(2)28(21)3)25-20-13-11-19(12-14-20)18-9-7-6-8-10-18;/h6-10,19-20H,4-5,11-16H2,1-3H3,(H2,23,24,25);1H. The fourth-order valence-electron chi connectivity index (χ4n) is 3.76. The highest BCUT2D eigenvalue weighted by Crippen LogP contribution is 2.32. The number of halogens is 1. The van der Waals surface area contributed by atoms with E-state index in [1.165, 1.54) is 37.7 Å². The molecule has 1 heterocycles. The Morgan fingerprint density at radius 1 is 1.14 bits per heavy atom. The van der Waals surface area contributed by atoms with Crippen LogP contribution >= 0.6 is 24.0 Å². The Hall–Kier alpha value is -1.64. The van der Waals surface area contributed by atoms with Gasteiger partial charge in [0.25, 0.3) is 0 Å². The molecule has 0 saturated heterocycles. The normalized spacial score (nSPS) is 19.5. The average molecular weight is 510 g/mol. The number of nitrogens with one attached hydrogen (secondary N) is 2. The number of nitrogens with zero attached hydrogens (tertiary/aromatic N) is 4. The first-order chi connectivity index (χ1) is 13.7. The van der Waals surface area contributed by atoms with Gasteiger partial charge in [0.1, 0.15) is 12.4 Å². The first kappa shape index (κ1) is 23.6. The number of unbranched alkanes of at least 4 members (excludes halogenated alkanes) is 1. The highest BCUT2D eigenvalue weighted by Gasteiger charge is 2.23. The molecule has 1 aliphatic carbocycles. The summed E-state index contributed by atoms with van der Waals surface area (Å²) in [5, 5.41) is 15.5. The minimum Gasteiger partial charge on any atom is -0.356 e. The third kappa shape index (κ3) is 6.97. The molecule has 29 heavy (non-hydrogen) atoms. The summed E-state index contributed by atoms with van der Waals surface area (Å²) in [5.74, 6) is 3.39. The van der Waals surface area contributed by atoms with Crippen molar-refractivity contribution in [3.05, 3.63) is 47.5 Å². The van der Waals surface area contributed by atoms with Crippen molar-refractivity contribution < 1.29 is 0 Å². The van der Waals surface area contributed by atoms with Gasteiger partial charge in [0.2, 0.25) is 0 Å².